The first-order valence-electron chi connectivity index (χ1n) is 8.57. The summed E-state index contributed by atoms with van der Waals surface area (Å²) in [4.78, 5) is 10.9. The van der Waals surface area contributed by atoms with Crippen molar-refractivity contribution in [2.45, 2.75) is 24.9 Å². The third kappa shape index (κ3) is 5.96. The van der Waals surface area contributed by atoms with Gasteiger partial charge in [0.05, 0.1) is 4.90 Å². The first kappa shape index (κ1) is 20.7. The van der Waals surface area contributed by atoms with Crippen molar-refractivity contribution >= 4 is 21.6 Å². The Balaban J connectivity index is 1.96. The molecular formula is C19H27N5O2S. The third-order valence-electron chi connectivity index (χ3n) is 4.05. The Bertz CT molecular complexity index is 923. The van der Waals surface area contributed by atoms with E-state index in [0.29, 0.717) is 23.9 Å². The van der Waals surface area contributed by atoms with Gasteiger partial charge in [-0.15, -0.1) is 0 Å². The number of aliphatic imine (C=N–C) groups is 1. The molecule has 0 bridgehead atoms. The van der Waals surface area contributed by atoms with Crippen molar-refractivity contribution in [1.29, 1.82) is 0 Å². The van der Waals surface area contributed by atoms with E-state index in [2.05, 4.69) is 20.6 Å². The van der Waals surface area contributed by atoms with Gasteiger partial charge in [-0.1, -0.05) is 12.1 Å². The van der Waals surface area contributed by atoms with Crippen LogP contribution in [-0.2, 0) is 22.9 Å². The second-order valence-electron chi connectivity index (χ2n) is 6.57. The molecule has 0 spiro atoms. The van der Waals surface area contributed by atoms with Crippen molar-refractivity contribution in [3.05, 3.63) is 53.2 Å². The summed E-state index contributed by atoms with van der Waals surface area (Å²) < 4.78 is 23.4. The Hall–Kier alpha value is -2.61. The SMILES string of the molecule is CN=C(NCc1ccnc(N(C)C)c1)NCc1ccc(S(C)(=O)=O)c(C)c1. The molecule has 8 heteroatoms. The van der Waals surface area contributed by atoms with Gasteiger partial charge >= 0.3 is 0 Å². The molecule has 0 amide bonds. The second kappa shape index (κ2) is 8.85. The quantitative estimate of drug-likeness (QED) is 0.578. The molecule has 1 aromatic carbocycles. The lowest BCUT2D eigenvalue weighted by Gasteiger charge is -2.15. The highest BCUT2D eigenvalue weighted by molar-refractivity contribution is 7.90. The maximum absolute atomic E-state index is 11.7. The van der Waals surface area contributed by atoms with Gasteiger partial charge in [-0.3, -0.25) is 4.99 Å². The van der Waals surface area contributed by atoms with Crippen LogP contribution in [0.2, 0.25) is 0 Å². The van der Waals surface area contributed by atoms with Crippen LogP contribution in [-0.4, -0.2) is 46.8 Å². The van der Waals surface area contributed by atoms with Crippen LogP contribution in [0.1, 0.15) is 16.7 Å². The predicted molar refractivity (Wildman–Crippen MR) is 110 cm³/mol. The number of rotatable bonds is 6. The molecule has 0 aliphatic rings. The van der Waals surface area contributed by atoms with Gasteiger partial charge in [0.25, 0.3) is 0 Å². The highest BCUT2D eigenvalue weighted by atomic mass is 32.2. The third-order valence-corrected chi connectivity index (χ3v) is 5.31. The summed E-state index contributed by atoms with van der Waals surface area (Å²) in [7, 11) is 2.42. The van der Waals surface area contributed by atoms with E-state index in [1.54, 1.807) is 26.2 Å². The molecule has 0 fully saturated rings. The summed E-state index contributed by atoms with van der Waals surface area (Å²) in [6.07, 6.45) is 3.01. The van der Waals surface area contributed by atoms with Crippen LogP contribution >= 0.6 is 0 Å². The highest BCUT2D eigenvalue weighted by Gasteiger charge is 2.11. The Labute approximate surface area is 161 Å². The van der Waals surface area contributed by atoms with Crippen molar-refractivity contribution in [2.75, 3.05) is 32.3 Å². The zero-order valence-electron chi connectivity index (χ0n) is 16.4. The van der Waals surface area contributed by atoms with Gasteiger partial charge in [0.1, 0.15) is 5.82 Å². The fourth-order valence-corrected chi connectivity index (χ4v) is 3.60. The molecule has 1 aromatic heterocycles. The number of guanidine groups is 1. The van der Waals surface area contributed by atoms with Crippen LogP contribution in [0.5, 0.6) is 0 Å². The van der Waals surface area contributed by atoms with Crippen LogP contribution in [0.4, 0.5) is 5.82 Å². The fourth-order valence-electron chi connectivity index (χ4n) is 2.64. The maximum Gasteiger partial charge on any atom is 0.191 e. The Morgan fingerprint density at radius 2 is 1.74 bits per heavy atom. The average molecular weight is 390 g/mol. The summed E-state index contributed by atoms with van der Waals surface area (Å²) in [5.41, 5.74) is 2.83. The number of pyridine rings is 1. The normalized spacial score (nSPS) is 12.0. The Morgan fingerprint density at radius 1 is 1.11 bits per heavy atom. The van der Waals surface area contributed by atoms with Crippen molar-refractivity contribution in [3.63, 3.8) is 0 Å². The molecule has 0 radical (unpaired) electrons. The lowest BCUT2D eigenvalue weighted by Crippen LogP contribution is -2.36. The van der Waals surface area contributed by atoms with E-state index in [4.69, 9.17) is 0 Å². The smallest absolute Gasteiger partial charge is 0.191 e. The van der Waals surface area contributed by atoms with Crippen molar-refractivity contribution < 1.29 is 8.42 Å². The molecule has 2 N–H and O–H groups in total. The summed E-state index contributed by atoms with van der Waals surface area (Å²) in [6.45, 7) is 2.97. The predicted octanol–water partition coefficient (Wildman–Crippen LogP) is 1.72. The summed E-state index contributed by atoms with van der Waals surface area (Å²) >= 11 is 0. The van der Waals surface area contributed by atoms with E-state index in [1.807, 2.05) is 43.3 Å². The molecule has 7 nitrogen and oxygen atoms in total. The maximum atomic E-state index is 11.7. The van der Waals surface area contributed by atoms with Gasteiger partial charge in [0.15, 0.2) is 15.8 Å². The number of aromatic nitrogens is 1. The number of hydrogen-bond donors (Lipinski definition) is 2. The standard InChI is InChI=1S/C19H27N5O2S/c1-14-10-15(6-7-17(14)27(5,25)26)12-22-19(20-2)23-13-16-8-9-21-18(11-16)24(3)4/h6-11H,12-13H2,1-5H3,(H2,20,22,23). The number of aryl methyl sites for hydroxylation is 1. The van der Waals surface area contributed by atoms with Crippen LogP contribution in [0, 0.1) is 6.92 Å². The number of nitrogens with zero attached hydrogens (tertiary/aromatic N) is 3. The number of hydrogen-bond acceptors (Lipinski definition) is 5. The molecule has 146 valence electrons. The van der Waals surface area contributed by atoms with Crippen LogP contribution in [0.15, 0.2) is 46.4 Å². The van der Waals surface area contributed by atoms with Crippen LogP contribution in [0.3, 0.4) is 0 Å². The molecule has 2 rings (SSSR count). The van der Waals surface area contributed by atoms with Gasteiger partial charge in [0.2, 0.25) is 0 Å². The minimum absolute atomic E-state index is 0.364. The molecule has 0 aliphatic heterocycles. The van der Waals surface area contributed by atoms with E-state index in [-0.39, 0.29) is 0 Å². The lowest BCUT2D eigenvalue weighted by molar-refractivity contribution is 0.601. The second-order valence-corrected chi connectivity index (χ2v) is 8.55. The molecule has 0 saturated carbocycles. The van der Waals surface area contributed by atoms with Crippen molar-refractivity contribution in [3.8, 4) is 0 Å². The molecule has 27 heavy (non-hydrogen) atoms. The largest absolute Gasteiger partial charge is 0.363 e. The molecule has 0 atom stereocenters. The van der Waals surface area contributed by atoms with E-state index in [9.17, 15) is 8.42 Å². The first-order valence-corrected chi connectivity index (χ1v) is 10.5. The molecule has 0 aliphatic carbocycles. The number of anilines is 1. The van der Waals surface area contributed by atoms with E-state index in [1.165, 1.54) is 6.26 Å². The van der Waals surface area contributed by atoms with Gasteiger partial charge in [-0.05, 0) is 41.8 Å². The molecule has 1 heterocycles. The molecule has 2 aromatic rings. The number of nitrogens with one attached hydrogen (secondary N) is 2. The zero-order chi connectivity index (χ0) is 20.0. The van der Waals surface area contributed by atoms with Crippen LogP contribution < -0.4 is 15.5 Å². The minimum atomic E-state index is -3.20. The number of sulfone groups is 1. The lowest BCUT2D eigenvalue weighted by atomic mass is 10.1. The minimum Gasteiger partial charge on any atom is -0.363 e. The highest BCUT2D eigenvalue weighted by Crippen LogP contribution is 2.16. The molecule has 0 saturated heterocycles. The summed E-state index contributed by atoms with van der Waals surface area (Å²) in [6, 6.07) is 9.32. The monoisotopic (exact) mass is 389 g/mol. The average Bonchev–Trinajstić information content (AvgIpc) is 2.61. The van der Waals surface area contributed by atoms with E-state index in [0.717, 1.165) is 22.5 Å². The van der Waals surface area contributed by atoms with Gasteiger partial charge in [-0.25, -0.2) is 13.4 Å². The fraction of sp³-hybridized carbons (Fsp3) is 0.368. The topological polar surface area (TPSA) is 86.7 Å². The Morgan fingerprint density at radius 3 is 2.26 bits per heavy atom. The summed E-state index contributed by atoms with van der Waals surface area (Å²) in [5, 5.41) is 6.51. The zero-order valence-corrected chi connectivity index (χ0v) is 17.3. The Kier molecular flexibility index (Phi) is 6.79. The number of benzene rings is 1. The van der Waals surface area contributed by atoms with Crippen LogP contribution in [0.25, 0.3) is 0 Å². The van der Waals surface area contributed by atoms with E-state index >= 15 is 0 Å². The molecule has 0 unspecified atom stereocenters. The van der Waals surface area contributed by atoms with E-state index < -0.39 is 9.84 Å². The van der Waals surface area contributed by atoms with Gasteiger partial charge in [0, 0.05) is 46.7 Å². The molecular weight excluding hydrogens is 362 g/mol. The van der Waals surface area contributed by atoms with Gasteiger partial charge in [-0.2, -0.15) is 0 Å². The van der Waals surface area contributed by atoms with Crippen molar-refractivity contribution in [1.82, 2.24) is 15.6 Å². The first-order chi connectivity index (χ1) is 12.7. The van der Waals surface area contributed by atoms with Gasteiger partial charge < -0.3 is 15.5 Å². The summed E-state index contributed by atoms with van der Waals surface area (Å²) in [5.74, 6) is 1.57. The van der Waals surface area contributed by atoms with Crippen molar-refractivity contribution in [2.24, 2.45) is 4.99 Å².